The van der Waals surface area contributed by atoms with Crippen LogP contribution in [0.25, 0.3) is 11.0 Å². The molecule has 1 N–H and O–H groups in total. The van der Waals surface area contributed by atoms with Crippen molar-refractivity contribution in [2.75, 3.05) is 13.1 Å². The van der Waals surface area contributed by atoms with Crippen LogP contribution in [0.15, 0.2) is 52.9 Å². The summed E-state index contributed by atoms with van der Waals surface area (Å²) in [6, 6.07) is 12.6. The van der Waals surface area contributed by atoms with E-state index in [1.807, 2.05) is 0 Å². The van der Waals surface area contributed by atoms with Crippen molar-refractivity contribution in [2.45, 2.75) is 25.0 Å². The van der Waals surface area contributed by atoms with Crippen LogP contribution < -0.4 is 4.74 Å². The first-order valence-corrected chi connectivity index (χ1v) is 9.33. The maximum Gasteiger partial charge on any atom is 0.289 e. The SMILES string of the molecule is C[C@]1(O)CN(C(=O)c2cc3cc(Cl)ccc3o2)CC[C@@H]1Oc1cccc(F)c1. The molecule has 0 spiro atoms. The van der Waals surface area contributed by atoms with Gasteiger partial charge in [0.15, 0.2) is 5.76 Å². The summed E-state index contributed by atoms with van der Waals surface area (Å²) in [4.78, 5) is 14.4. The Morgan fingerprint density at radius 1 is 1.32 bits per heavy atom. The summed E-state index contributed by atoms with van der Waals surface area (Å²) >= 11 is 5.98. The smallest absolute Gasteiger partial charge is 0.289 e. The van der Waals surface area contributed by atoms with E-state index >= 15 is 0 Å². The molecule has 2 atom stereocenters. The van der Waals surface area contributed by atoms with E-state index in [0.717, 1.165) is 5.39 Å². The van der Waals surface area contributed by atoms with Gasteiger partial charge in [-0.2, -0.15) is 0 Å². The molecule has 1 aromatic heterocycles. The van der Waals surface area contributed by atoms with E-state index in [4.69, 9.17) is 20.8 Å². The molecule has 0 unspecified atom stereocenters. The summed E-state index contributed by atoms with van der Waals surface area (Å²) in [5, 5.41) is 12.1. The molecule has 1 aliphatic heterocycles. The van der Waals surface area contributed by atoms with Crippen LogP contribution in [0, 0.1) is 5.82 Å². The third-order valence-corrected chi connectivity index (χ3v) is 5.15. The lowest BCUT2D eigenvalue weighted by molar-refractivity contribution is -0.0903. The van der Waals surface area contributed by atoms with Gasteiger partial charge in [-0.25, -0.2) is 4.39 Å². The van der Waals surface area contributed by atoms with Crippen molar-refractivity contribution in [3.63, 3.8) is 0 Å². The van der Waals surface area contributed by atoms with Crippen LogP contribution in [-0.2, 0) is 0 Å². The Balaban J connectivity index is 1.49. The van der Waals surface area contributed by atoms with Crippen molar-refractivity contribution in [3.8, 4) is 5.75 Å². The number of furan rings is 1. The monoisotopic (exact) mass is 403 g/mol. The fourth-order valence-electron chi connectivity index (χ4n) is 3.49. The number of amides is 1. The predicted octanol–water partition coefficient (Wildman–Crippen LogP) is 4.27. The molecule has 0 saturated carbocycles. The lowest BCUT2D eigenvalue weighted by Gasteiger charge is -2.42. The summed E-state index contributed by atoms with van der Waals surface area (Å²) in [6.07, 6.45) is -0.158. The maximum absolute atomic E-state index is 13.4. The minimum Gasteiger partial charge on any atom is -0.487 e. The summed E-state index contributed by atoms with van der Waals surface area (Å²) in [7, 11) is 0. The highest BCUT2D eigenvalue weighted by molar-refractivity contribution is 6.31. The van der Waals surface area contributed by atoms with Gasteiger partial charge in [0.1, 0.15) is 28.9 Å². The van der Waals surface area contributed by atoms with Crippen molar-refractivity contribution in [1.29, 1.82) is 0 Å². The van der Waals surface area contributed by atoms with Crippen LogP contribution in [0.4, 0.5) is 4.39 Å². The molecular weight excluding hydrogens is 385 g/mol. The molecule has 28 heavy (non-hydrogen) atoms. The molecular formula is C21H19ClFNO4. The number of ether oxygens (including phenoxy) is 1. The summed E-state index contributed by atoms with van der Waals surface area (Å²) in [6.45, 7) is 2.06. The van der Waals surface area contributed by atoms with Gasteiger partial charge >= 0.3 is 0 Å². The van der Waals surface area contributed by atoms with E-state index < -0.39 is 17.5 Å². The van der Waals surface area contributed by atoms with Crippen molar-refractivity contribution < 1.29 is 23.4 Å². The van der Waals surface area contributed by atoms with Crippen molar-refractivity contribution in [3.05, 3.63) is 65.1 Å². The van der Waals surface area contributed by atoms with Gasteiger partial charge in [-0.1, -0.05) is 17.7 Å². The van der Waals surface area contributed by atoms with E-state index in [-0.39, 0.29) is 18.2 Å². The minimum absolute atomic E-state index is 0.0730. The summed E-state index contributed by atoms with van der Waals surface area (Å²) in [5.74, 6) is -0.177. The van der Waals surface area contributed by atoms with Crippen LogP contribution in [0.2, 0.25) is 5.02 Å². The van der Waals surface area contributed by atoms with E-state index in [0.29, 0.717) is 29.3 Å². The minimum atomic E-state index is -1.30. The molecule has 1 saturated heterocycles. The Kier molecular flexibility index (Phi) is 4.77. The maximum atomic E-state index is 13.4. The van der Waals surface area contributed by atoms with E-state index in [9.17, 15) is 14.3 Å². The average molecular weight is 404 g/mol. The molecule has 0 radical (unpaired) electrons. The molecule has 2 aromatic carbocycles. The molecule has 5 nitrogen and oxygen atoms in total. The lowest BCUT2D eigenvalue weighted by atomic mass is 9.91. The second kappa shape index (κ2) is 7.11. The molecule has 0 aliphatic carbocycles. The number of likely N-dealkylation sites (tertiary alicyclic amines) is 1. The Morgan fingerprint density at radius 2 is 2.14 bits per heavy atom. The zero-order chi connectivity index (χ0) is 19.9. The molecule has 1 aliphatic rings. The topological polar surface area (TPSA) is 62.9 Å². The Hall–Kier alpha value is -2.57. The molecule has 1 amide bonds. The van der Waals surface area contributed by atoms with Gasteiger partial charge in [0, 0.05) is 29.4 Å². The number of rotatable bonds is 3. The number of nitrogens with zero attached hydrogens (tertiary/aromatic N) is 1. The lowest BCUT2D eigenvalue weighted by Crippen LogP contribution is -2.58. The van der Waals surface area contributed by atoms with Crippen LogP contribution >= 0.6 is 11.6 Å². The molecule has 0 bridgehead atoms. The van der Waals surface area contributed by atoms with Gasteiger partial charge in [0.05, 0.1) is 6.54 Å². The van der Waals surface area contributed by atoms with Gasteiger partial charge in [-0.3, -0.25) is 4.79 Å². The first kappa shape index (κ1) is 18.8. The largest absolute Gasteiger partial charge is 0.487 e. The van der Waals surface area contributed by atoms with E-state index in [1.54, 1.807) is 43.3 Å². The van der Waals surface area contributed by atoms with Gasteiger partial charge < -0.3 is 19.2 Å². The quantitative estimate of drug-likeness (QED) is 0.709. The second-order valence-electron chi connectivity index (χ2n) is 7.23. The number of fused-ring (bicyclic) bond motifs is 1. The van der Waals surface area contributed by atoms with Crippen molar-refractivity contribution in [1.82, 2.24) is 4.90 Å². The molecule has 146 valence electrons. The van der Waals surface area contributed by atoms with Crippen molar-refractivity contribution >= 4 is 28.5 Å². The Morgan fingerprint density at radius 3 is 2.89 bits per heavy atom. The zero-order valence-corrected chi connectivity index (χ0v) is 15.9. The Bertz CT molecular complexity index is 1030. The number of carbonyl (C=O) groups excluding carboxylic acids is 1. The number of aliphatic hydroxyl groups is 1. The highest BCUT2D eigenvalue weighted by atomic mass is 35.5. The summed E-state index contributed by atoms with van der Waals surface area (Å²) in [5.41, 5.74) is -0.723. The number of hydrogen-bond acceptors (Lipinski definition) is 4. The number of piperidine rings is 1. The van der Waals surface area contributed by atoms with Crippen LogP contribution in [0.1, 0.15) is 23.9 Å². The number of benzene rings is 2. The summed E-state index contributed by atoms with van der Waals surface area (Å²) < 4.78 is 24.8. The van der Waals surface area contributed by atoms with Crippen LogP contribution in [0.5, 0.6) is 5.75 Å². The highest BCUT2D eigenvalue weighted by Crippen LogP contribution is 2.29. The molecule has 4 rings (SSSR count). The molecule has 3 aromatic rings. The molecule has 2 heterocycles. The third kappa shape index (κ3) is 3.70. The standard InChI is InChI=1S/C21H19ClFNO4/c1-21(26)12-24(8-7-19(21)27-16-4-2-3-15(23)11-16)20(25)18-10-13-9-14(22)5-6-17(13)28-18/h2-6,9-11,19,26H,7-8,12H2,1H3/t19-,21-/m0/s1. The number of β-amino-alcohol motifs (C(OH)–C–C–N with tert-alkyl or cyclic N) is 1. The van der Waals surface area contributed by atoms with E-state index in [1.165, 1.54) is 17.0 Å². The van der Waals surface area contributed by atoms with Crippen molar-refractivity contribution in [2.24, 2.45) is 0 Å². The number of carbonyl (C=O) groups is 1. The van der Waals surface area contributed by atoms with Gasteiger partial charge in [-0.15, -0.1) is 0 Å². The zero-order valence-electron chi connectivity index (χ0n) is 15.2. The highest BCUT2D eigenvalue weighted by Gasteiger charge is 2.42. The van der Waals surface area contributed by atoms with E-state index in [2.05, 4.69) is 0 Å². The number of halogens is 2. The number of hydrogen-bond donors (Lipinski definition) is 1. The predicted molar refractivity (Wildman–Crippen MR) is 103 cm³/mol. The Labute approximate surface area is 166 Å². The second-order valence-corrected chi connectivity index (χ2v) is 7.67. The van der Waals surface area contributed by atoms with Gasteiger partial charge in [-0.05, 0) is 43.3 Å². The normalized spacial score (nSPS) is 22.4. The first-order valence-electron chi connectivity index (χ1n) is 8.95. The van der Waals surface area contributed by atoms with Crippen LogP contribution in [0.3, 0.4) is 0 Å². The van der Waals surface area contributed by atoms with Gasteiger partial charge in [0.25, 0.3) is 5.91 Å². The third-order valence-electron chi connectivity index (χ3n) is 4.92. The first-order chi connectivity index (χ1) is 13.3. The van der Waals surface area contributed by atoms with Crippen LogP contribution in [-0.4, -0.2) is 40.7 Å². The molecule has 1 fully saturated rings. The fraction of sp³-hybridized carbons (Fsp3) is 0.286. The van der Waals surface area contributed by atoms with Gasteiger partial charge in [0.2, 0.25) is 0 Å². The molecule has 7 heteroatoms. The average Bonchev–Trinajstić information content (AvgIpc) is 3.05. The fourth-order valence-corrected chi connectivity index (χ4v) is 3.67.